The summed E-state index contributed by atoms with van der Waals surface area (Å²) in [6.45, 7) is 10.8. The summed E-state index contributed by atoms with van der Waals surface area (Å²) >= 11 is 0. The summed E-state index contributed by atoms with van der Waals surface area (Å²) in [5.41, 5.74) is 8.10. The summed E-state index contributed by atoms with van der Waals surface area (Å²) in [5, 5.41) is 4.66. The van der Waals surface area contributed by atoms with Crippen molar-refractivity contribution < 1.29 is 23.0 Å². The number of nitrogens with zero attached hydrogens (tertiary/aromatic N) is 4. The van der Waals surface area contributed by atoms with Crippen LogP contribution in [0, 0.1) is 19.3 Å². The molecule has 5 rings (SSSR count). The number of halogens is 1. The highest BCUT2D eigenvalue weighted by atomic mass is 19.1. The average molecular weight is 490 g/mol. The van der Waals surface area contributed by atoms with Gasteiger partial charge in [0.1, 0.15) is 35.4 Å². The van der Waals surface area contributed by atoms with E-state index in [0.717, 1.165) is 18.5 Å². The van der Waals surface area contributed by atoms with Crippen molar-refractivity contribution in [2.24, 2.45) is 0 Å². The maximum atomic E-state index is 14.2. The van der Waals surface area contributed by atoms with Crippen molar-refractivity contribution in [3.05, 3.63) is 83.2 Å². The topological polar surface area (TPSA) is 102 Å². The van der Waals surface area contributed by atoms with Crippen LogP contribution in [-0.4, -0.2) is 28.0 Å². The molecule has 0 radical (unpaired) electrons. The number of nitrogen functional groups attached to an aromatic ring is 1. The Morgan fingerprint density at radius 1 is 1.14 bits per heavy atom. The van der Waals surface area contributed by atoms with Crippen molar-refractivity contribution in [3.63, 3.8) is 0 Å². The number of aromatic nitrogens is 3. The van der Waals surface area contributed by atoms with Crippen LogP contribution in [0.25, 0.3) is 10.5 Å². The summed E-state index contributed by atoms with van der Waals surface area (Å²) < 4.78 is 38.0. The molecule has 1 fully saturated rings. The van der Waals surface area contributed by atoms with E-state index in [1.165, 1.54) is 12.1 Å². The summed E-state index contributed by atoms with van der Waals surface area (Å²) in [6.07, 6.45) is 3.21. The minimum Gasteiger partial charge on any atom is -0.485 e. The van der Waals surface area contributed by atoms with E-state index in [9.17, 15) is 4.39 Å². The Bertz CT molecular complexity index is 1400. The van der Waals surface area contributed by atoms with Gasteiger partial charge in [0.2, 0.25) is 0 Å². The molecule has 0 aliphatic carbocycles. The molecule has 3 heterocycles. The molecule has 9 nitrogen and oxygen atoms in total. The van der Waals surface area contributed by atoms with Gasteiger partial charge in [0, 0.05) is 44.3 Å². The van der Waals surface area contributed by atoms with Gasteiger partial charge in [-0.15, -0.1) is 0 Å². The fourth-order valence-corrected chi connectivity index (χ4v) is 4.10. The zero-order valence-corrected chi connectivity index (χ0v) is 19.6. The average Bonchev–Trinajstić information content (AvgIpc) is 3.45. The molecule has 0 saturated carbocycles. The number of rotatable bonds is 7. The van der Waals surface area contributed by atoms with Crippen LogP contribution in [0.15, 0.2) is 53.1 Å². The highest BCUT2D eigenvalue weighted by molar-refractivity contribution is 5.69. The molecule has 2 aromatic carbocycles. The summed E-state index contributed by atoms with van der Waals surface area (Å²) in [7, 11) is 0. The lowest BCUT2D eigenvalue weighted by Gasteiger charge is -2.20. The lowest BCUT2D eigenvalue weighted by atomic mass is 9.96. The van der Waals surface area contributed by atoms with Gasteiger partial charge in [-0.2, -0.15) is 4.68 Å². The van der Waals surface area contributed by atoms with Crippen LogP contribution in [0.1, 0.15) is 36.1 Å². The minimum atomic E-state index is -0.498. The van der Waals surface area contributed by atoms with Gasteiger partial charge in [0.25, 0.3) is 5.82 Å². The highest BCUT2D eigenvalue weighted by Crippen LogP contribution is 2.37. The molecule has 2 aromatic heterocycles. The van der Waals surface area contributed by atoms with E-state index in [1.807, 2.05) is 0 Å². The second-order valence-corrected chi connectivity index (χ2v) is 8.39. The van der Waals surface area contributed by atoms with E-state index >= 15 is 0 Å². The molecular formula is C26H24FN5O4. The summed E-state index contributed by atoms with van der Waals surface area (Å²) in [5.74, 6) is 2.06. The second kappa shape index (κ2) is 10.1. The SMILES string of the molecule is [C-]#[N+]c1c(N)c(C2CCOCC2)nn1-c1ccc(Oc2cc(F)cc(OCc3cnc(C)o3)c2)cc1. The first-order valence-corrected chi connectivity index (χ1v) is 11.5. The first kappa shape index (κ1) is 23.4. The number of benzene rings is 2. The number of oxazole rings is 1. The molecular weight excluding hydrogens is 465 g/mol. The van der Waals surface area contributed by atoms with Gasteiger partial charge >= 0.3 is 0 Å². The largest absolute Gasteiger partial charge is 0.485 e. The van der Waals surface area contributed by atoms with Gasteiger partial charge < -0.3 is 29.2 Å². The van der Waals surface area contributed by atoms with Crippen LogP contribution in [-0.2, 0) is 11.3 Å². The lowest BCUT2D eigenvalue weighted by Crippen LogP contribution is -2.15. The zero-order valence-electron chi connectivity index (χ0n) is 19.6. The van der Waals surface area contributed by atoms with Crippen molar-refractivity contribution in [2.75, 3.05) is 18.9 Å². The van der Waals surface area contributed by atoms with Crippen LogP contribution in [0.3, 0.4) is 0 Å². The standard InChI is InChI=1S/C26H24FN5O4/c1-16-30-14-23(35-16)15-34-21-11-18(27)12-22(13-21)36-20-5-3-19(4-6-20)32-26(29-2)24(28)25(31-32)17-7-9-33-10-8-17/h3-6,11-14,17H,7-10,15,28H2,1H3. The number of aryl methyl sites for hydroxylation is 1. The molecule has 0 unspecified atom stereocenters. The predicted octanol–water partition coefficient (Wildman–Crippen LogP) is 5.71. The van der Waals surface area contributed by atoms with Gasteiger partial charge in [-0.3, -0.25) is 0 Å². The van der Waals surface area contributed by atoms with Crippen molar-refractivity contribution >= 4 is 11.5 Å². The minimum absolute atomic E-state index is 0.116. The van der Waals surface area contributed by atoms with Crippen molar-refractivity contribution in [1.82, 2.24) is 14.8 Å². The van der Waals surface area contributed by atoms with Crippen LogP contribution >= 0.6 is 0 Å². The van der Waals surface area contributed by atoms with E-state index in [-0.39, 0.29) is 24.1 Å². The van der Waals surface area contributed by atoms with Crippen molar-refractivity contribution in [2.45, 2.75) is 32.3 Å². The highest BCUT2D eigenvalue weighted by Gasteiger charge is 2.26. The molecule has 10 heteroatoms. The molecule has 4 aromatic rings. The number of hydrogen-bond acceptors (Lipinski definition) is 7. The quantitative estimate of drug-likeness (QED) is 0.332. The maximum Gasteiger partial charge on any atom is 0.280 e. The van der Waals surface area contributed by atoms with Crippen LogP contribution < -0.4 is 15.2 Å². The maximum absolute atomic E-state index is 14.2. The van der Waals surface area contributed by atoms with Gasteiger partial charge in [-0.25, -0.2) is 9.37 Å². The molecule has 184 valence electrons. The van der Waals surface area contributed by atoms with Crippen LogP contribution in [0.4, 0.5) is 15.9 Å². The molecule has 0 atom stereocenters. The third-order valence-corrected chi connectivity index (χ3v) is 5.85. The third-order valence-electron chi connectivity index (χ3n) is 5.85. The first-order chi connectivity index (χ1) is 17.5. The van der Waals surface area contributed by atoms with Crippen molar-refractivity contribution in [3.8, 4) is 22.9 Å². The number of anilines is 1. The van der Waals surface area contributed by atoms with E-state index < -0.39 is 5.82 Å². The van der Waals surface area contributed by atoms with E-state index in [2.05, 4.69) is 14.9 Å². The van der Waals surface area contributed by atoms with E-state index in [4.69, 9.17) is 30.9 Å². The fraction of sp³-hybridized carbons (Fsp3) is 0.269. The summed E-state index contributed by atoms with van der Waals surface area (Å²) in [4.78, 5) is 7.62. The van der Waals surface area contributed by atoms with Gasteiger partial charge in [0.05, 0.1) is 17.6 Å². The first-order valence-electron chi connectivity index (χ1n) is 11.5. The second-order valence-electron chi connectivity index (χ2n) is 8.39. The lowest BCUT2D eigenvalue weighted by molar-refractivity contribution is 0.0845. The smallest absolute Gasteiger partial charge is 0.280 e. The van der Waals surface area contributed by atoms with Crippen LogP contribution in [0.2, 0.25) is 0 Å². The normalized spacial score (nSPS) is 13.9. The molecule has 1 aliphatic heterocycles. The Kier molecular flexibility index (Phi) is 6.56. The van der Waals surface area contributed by atoms with Gasteiger partial charge in [0.15, 0.2) is 11.7 Å². The summed E-state index contributed by atoms with van der Waals surface area (Å²) in [6, 6.07) is 11.1. The number of ether oxygens (including phenoxy) is 3. The fourth-order valence-electron chi connectivity index (χ4n) is 4.10. The monoisotopic (exact) mass is 489 g/mol. The molecule has 36 heavy (non-hydrogen) atoms. The Labute approximate surface area is 207 Å². The molecule has 0 spiro atoms. The van der Waals surface area contributed by atoms with Crippen LogP contribution in [0.5, 0.6) is 17.2 Å². The van der Waals surface area contributed by atoms with E-state index in [0.29, 0.717) is 47.7 Å². The molecule has 1 aliphatic rings. The zero-order chi connectivity index (χ0) is 25.1. The van der Waals surface area contributed by atoms with Gasteiger partial charge in [-0.1, -0.05) is 11.7 Å². The third kappa shape index (κ3) is 5.01. The number of nitrogens with two attached hydrogens (primary N) is 1. The van der Waals surface area contributed by atoms with Crippen molar-refractivity contribution in [1.29, 1.82) is 0 Å². The van der Waals surface area contributed by atoms with E-state index in [1.54, 1.807) is 48.1 Å². The molecule has 0 bridgehead atoms. The Morgan fingerprint density at radius 2 is 1.89 bits per heavy atom. The van der Waals surface area contributed by atoms with Gasteiger partial charge in [-0.05, 0) is 37.1 Å². The Morgan fingerprint density at radius 3 is 2.58 bits per heavy atom. The predicted molar refractivity (Wildman–Crippen MR) is 129 cm³/mol. The molecule has 1 saturated heterocycles. The molecule has 2 N–H and O–H groups in total. The molecule has 0 amide bonds. The Balaban J connectivity index is 1.32. The number of hydrogen-bond donors (Lipinski definition) is 1. The Hall–Kier alpha value is -4.36.